The van der Waals surface area contributed by atoms with E-state index in [1.54, 1.807) is 0 Å². The average molecular weight is 294 g/mol. The number of aliphatic hydroxyl groups excluding tert-OH is 1. The van der Waals surface area contributed by atoms with Gasteiger partial charge in [-0.1, -0.05) is 44.9 Å². The SMILES string of the molecule is CCCC[NH+](CCCC)C[C@@H](O)COc1ccccc1C. The number of rotatable bonds is 11. The zero-order valence-electron chi connectivity index (χ0n) is 13.9. The predicted molar refractivity (Wildman–Crippen MR) is 88.1 cm³/mol. The van der Waals surface area contributed by atoms with E-state index in [0.717, 1.165) is 30.9 Å². The van der Waals surface area contributed by atoms with Crippen molar-refractivity contribution in [3.63, 3.8) is 0 Å². The van der Waals surface area contributed by atoms with Gasteiger partial charge in [-0.2, -0.15) is 0 Å². The Balaban J connectivity index is 2.38. The van der Waals surface area contributed by atoms with E-state index in [9.17, 15) is 5.11 Å². The highest BCUT2D eigenvalue weighted by atomic mass is 16.5. The number of nitrogens with one attached hydrogen (secondary N) is 1. The maximum absolute atomic E-state index is 10.2. The molecule has 0 radical (unpaired) electrons. The minimum absolute atomic E-state index is 0.382. The molecule has 3 nitrogen and oxygen atoms in total. The van der Waals surface area contributed by atoms with Crippen LogP contribution in [0.15, 0.2) is 24.3 Å². The molecule has 1 atom stereocenters. The van der Waals surface area contributed by atoms with E-state index >= 15 is 0 Å². The molecule has 1 aromatic rings. The molecule has 0 unspecified atom stereocenters. The van der Waals surface area contributed by atoms with Crippen molar-refractivity contribution in [2.45, 2.75) is 52.6 Å². The van der Waals surface area contributed by atoms with Crippen molar-refractivity contribution in [3.05, 3.63) is 29.8 Å². The molecule has 0 bridgehead atoms. The molecule has 0 aromatic heterocycles. The molecule has 1 rings (SSSR count). The first kappa shape index (κ1) is 18.0. The Morgan fingerprint density at radius 2 is 1.71 bits per heavy atom. The third-order valence-corrected chi connectivity index (χ3v) is 3.82. The first-order valence-electron chi connectivity index (χ1n) is 8.37. The van der Waals surface area contributed by atoms with Gasteiger partial charge >= 0.3 is 0 Å². The van der Waals surface area contributed by atoms with Crippen molar-refractivity contribution in [1.82, 2.24) is 0 Å². The number of para-hydroxylation sites is 1. The summed E-state index contributed by atoms with van der Waals surface area (Å²) in [5.41, 5.74) is 1.12. The van der Waals surface area contributed by atoms with Crippen molar-refractivity contribution >= 4 is 0 Å². The van der Waals surface area contributed by atoms with Crippen LogP contribution in [0.4, 0.5) is 0 Å². The largest absolute Gasteiger partial charge is 0.490 e. The molecule has 0 saturated heterocycles. The van der Waals surface area contributed by atoms with Crippen LogP contribution in [0.25, 0.3) is 0 Å². The van der Waals surface area contributed by atoms with Crippen LogP contribution in [0.2, 0.25) is 0 Å². The molecule has 21 heavy (non-hydrogen) atoms. The highest BCUT2D eigenvalue weighted by molar-refractivity contribution is 5.31. The van der Waals surface area contributed by atoms with Crippen molar-refractivity contribution in [2.75, 3.05) is 26.2 Å². The van der Waals surface area contributed by atoms with Crippen LogP contribution in [-0.2, 0) is 0 Å². The summed E-state index contributed by atoms with van der Waals surface area (Å²) < 4.78 is 5.75. The molecule has 0 amide bonds. The van der Waals surface area contributed by atoms with Gasteiger partial charge in [0.15, 0.2) is 0 Å². The molecule has 0 aliphatic heterocycles. The van der Waals surface area contributed by atoms with Gasteiger partial charge in [-0.15, -0.1) is 0 Å². The lowest BCUT2D eigenvalue weighted by atomic mass is 10.2. The van der Waals surface area contributed by atoms with Gasteiger partial charge in [-0.05, 0) is 31.4 Å². The van der Waals surface area contributed by atoms with Crippen LogP contribution in [-0.4, -0.2) is 37.5 Å². The van der Waals surface area contributed by atoms with Crippen LogP contribution in [0.3, 0.4) is 0 Å². The minimum Gasteiger partial charge on any atom is -0.490 e. The fourth-order valence-corrected chi connectivity index (χ4v) is 2.48. The maximum Gasteiger partial charge on any atom is 0.137 e. The molecular weight excluding hydrogens is 262 g/mol. The highest BCUT2D eigenvalue weighted by Gasteiger charge is 2.15. The summed E-state index contributed by atoms with van der Waals surface area (Å²) in [5.74, 6) is 0.875. The number of aliphatic hydroxyl groups is 1. The summed E-state index contributed by atoms with van der Waals surface area (Å²) in [4.78, 5) is 1.50. The highest BCUT2D eigenvalue weighted by Crippen LogP contribution is 2.15. The van der Waals surface area contributed by atoms with Gasteiger partial charge in [0.05, 0.1) is 13.1 Å². The van der Waals surface area contributed by atoms with Crippen LogP contribution in [0.5, 0.6) is 5.75 Å². The Bertz CT molecular complexity index is 373. The number of benzene rings is 1. The number of hydrogen-bond donors (Lipinski definition) is 2. The van der Waals surface area contributed by atoms with Gasteiger partial charge in [0.2, 0.25) is 0 Å². The van der Waals surface area contributed by atoms with E-state index < -0.39 is 6.10 Å². The maximum atomic E-state index is 10.2. The van der Waals surface area contributed by atoms with Gasteiger partial charge in [0.1, 0.15) is 25.0 Å². The lowest BCUT2D eigenvalue weighted by molar-refractivity contribution is -0.903. The van der Waals surface area contributed by atoms with Gasteiger partial charge in [-0.3, -0.25) is 0 Å². The van der Waals surface area contributed by atoms with Crippen molar-refractivity contribution in [1.29, 1.82) is 0 Å². The average Bonchev–Trinajstić information content (AvgIpc) is 2.49. The molecule has 0 saturated carbocycles. The molecule has 0 heterocycles. The molecule has 3 heteroatoms. The smallest absolute Gasteiger partial charge is 0.137 e. The molecule has 0 aliphatic carbocycles. The standard InChI is InChI=1S/C18H31NO2/c1-4-6-12-19(13-7-5-2)14-17(20)15-21-18-11-9-8-10-16(18)3/h8-11,17,20H,4-7,12-15H2,1-3H3/p+1/t17-/m1/s1. The Morgan fingerprint density at radius 3 is 2.29 bits per heavy atom. The fraction of sp³-hybridized carbons (Fsp3) is 0.667. The number of hydrogen-bond acceptors (Lipinski definition) is 2. The third kappa shape index (κ3) is 7.49. The molecule has 0 spiro atoms. The summed E-state index contributed by atoms with van der Waals surface area (Å²) >= 11 is 0. The Kier molecular flexibility index (Phi) is 9.11. The van der Waals surface area contributed by atoms with Crippen LogP contribution in [0.1, 0.15) is 45.1 Å². The summed E-state index contributed by atoms with van der Waals surface area (Å²) in [6, 6.07) is 7.96. The fourth-order valence-electron chi connectivity index (χ4n) is 2.48. The Labute approximate surface area is 129 Å². The van der Waals surface area contributed by atoms with Crippen molar-refractivity contribution in [2.24, 2.45) is 0 Å². The molecule has 0 aliphatic rings. The Morgan fingerprint density at radius 1 is 1.10 bits per heavy atom. The van der Waals surface area contributed by atoms with E-state index in [2.05, 4.69) is 13.8 Å². The summed E-state index contributed by atoms with van der Waals surface area (Å²) in [6.45, 7) is 9.93. The lowest BCUT2D eigenvalue weighted by Crippen LogP contribution is -3.13. The lowest BCUT2D eigenvalue weighted by Gasteiger charge is -2.22. The number of aryl methyl sites for hydroxylation is 1. The third-order valence-electron chi connectivity index (χ3n) is 3.82. The van der Waals surface area contributed by atoms with E-state index in [1.165, 1.54) is 30.6 Å². The first-order valence-corrected chi connectivity index (χ1v) is 8.37. The molecule has 120 valence electrons. The summed E-state index contributed by atoms with van der Waals surface area (Å²) in [5, 5.41) is 10.2. The predicted octanol–water partition coefficient (Wildman–Crippen LogP) is 2.22. The van der Waals surface area contributed by atoms with E-state index in [0.29, 0.717) is 6.61 Å². The molecule has 2 N–H and O–H groups in total. The summed E-state index contributed by atoms with van der Waals surface area (Å²) in [7, 11) is 0. The number of quaternary nitrogens is 1. The normalized spacial score (nSPS) is 12.6. The van der Waals surface area contributed by atoms with Crippen LogP contribution < -0.4 is 9.64 Å². The second-order valence-corrected chi connectivity index (χ2v) is 5.89. The van der Waals surface area contributed by atoms with Crippen molar-refractivity contribution in [3.8, 4) is 5.75 Å². The van der Waals surface area contributed by atoms with Crippen LogP contribution in [0, 0.1) is 6.92 Å². The topological polar surface area (TPSA) is 33.9 Å². The number of ether oxygens (including phenoxy) is 1. The first-order chi connectivity index (χ1) is 10.2. The second kappa shape index (κ2) is 10.6. The zero-order chi connectivity index (χ0) is 15.5. The summed E-state index contributed by atoms with van der Waals surface area (Å²) in [6.07, 6.45) is 4.49. The monoisotopic (exact) mass is 294 g/mol. The van der Waals surface area contributed by atoms with Crippen molar-refractivity contribution < 1.29 is 14.7 Å². The van der Waals surface area contributed by atoms with E-state index in [-0.39, 0.29) is 0 Å². The van der Waals surface area contributed by atoms with Gasteiger partial charge in [0, 0.05) is 0 Å². The van der Waals surface area contributed by atoms with Gasteiger partial charge in [0.25, 0.3) is 0 Å². The molecule has 0 fully saturated rings. The van der Waals surface area contributed by atoms with Crippen LogP contribution >= 0.6 is 0 Å². The minimum atomic E-state index is -0.395. The number of unbranched alkanes of at least 4 members (excludes halogenated alkanes) is 2. The van der Waals surface area contributed by atoms with E-state index in [4.69, 9.17) is 4.74 Å². The molecule has 1 aromatic carbocycles. The van der Waals surface area contributed by atoms with E-state index in [1.807, 2.05) is 31.2 Å². The van der Waals surface area contributed by atoms with Gasteiger partial charge in [-0.25, -0.2) is 0 Å². The zero-order valence-corrected chi connectivity index (χ0v) is 13.9. The van der Waals surface area contributed by atoms with Gasteiger partial charge < -0.3 is 14.7 Å². The second-order valence-electron chi connectivity index (χ2n) is 5.89. The molecular formula is C18H32NO2+. The Hall–Kier alpha value is -1.06. The quantitative estimate of drug-likeness (QED) is 0.656.